The Morgan fingerprint density at radius 2 is 2.27 bits per heavy atom. The van der Waals surface area contributed by atoms with Crippen molar-refractivity contribution in [3.05, 3.63) is 11.8 Å². The highest BCUT2D eigenvalue weighted by Gasteiger charge is 2.41. The van der Waals surface area contributed by atoms with Crippen LogP contribution in [0.3, 0.4) is 0 Å². The van der Waals surface area contributed by atoms with Gasteiger partial charge in [-0.15, -0.1) is 0 Å². The first-order valence-electron chi connectivity index (χ1n) is 3.92. The Hall–Kier alpha value is -0.990. The van der Waals surface area contributed by atoms with Crippen LogP contribution in [-0.4, -0.2) is 9.78 Å². The molecule has 1 aliphatic rings. The average Bonchev–Trinajstić information content (AvgIpc) is 2.59. The van der Waals surface area contributed by atoms with Crippen molar-refractivity contribution in [2.45, 2.75) is 25.2 Å². The Balaban J connectivity index is 2.39. The molecule has 0 unspecified atom stereocenters. The predicted octanol–water partition coefficient (Wildman–Crippen LogP) is 1.05. The zero-order valence-corrected chi connectivity index (χ0v) is 6.96. The van der Waals surface area contributed by atoms with E-state index in [1.807, 2.05) is 13.1 Å². The molecule has 2 rings (SSSR count). The number of hydrogen-bond donors (Lipinski definition) is 1. The van der Waals surface area contributed by atoms with Gasteiger partial charge >= 0.3 is 0 Å². The first-order valence-corrected chi connectivity index (χ1v) is 3.92. The van der Waals surface area contributed by atoms with E-state index in [9.17, 15) is 0 Å². The molecule has 1 saturated carbocycles. The van der Waals surface area contributed by atoms with Crippen molar-refractivity contribution < 1.29 is 0 Å². The maximum Gasteiger partial charge on any atom is 0.121 e. The molecule has 2 N–H and O–H groups in total. The van der Waals surface area contributed by atoms with Crippen LogP contribution in [0.25, 0.3) is 0 Å². The molecule has 1 fully saturated rings. The molecule has 0 atom stereocenters. The van der Waals surface area contributed by atoms with Crippen LogP contribution in [0, 0.1) is 0 Å². The molecule has 1 aliphatic carbocycles. The minimum absolute atomic E-state index is 0.343. The van der Waals surface area contributed by atoms with Crippen molar-refractivity contribution in [2.75, 3.05) is 5.73 Å². The lowest BCUT2D eigenvalue weighted by molar-refractivity contribution is 0.686. The molecule has 0 saturated heterocycles. The maximum atomic E-state index is 5.67. The van der Waals surface area contributed by atoms with Crippen molar-refractivity contribution in [1.82, 2.24) is 9.78 Å². The first-order chi connectivity index (χ1) is 5.12. The molecule has 1 aromatic heterocycles. The second-order valence-electron chi connectivity index (χ2n) is 3.64. The Morgan fingerprint density at radius 1 is 1.64 bits per heavy atom. The number of hydrogen-bond acceptors (Lipinski definition) is 2. The molecule has 0 bridgehead atoms. The van der Waals surface area contributed by atoms with Gasteiger partial charge in [-0.05, 0) is 12.8 Å². The second-order valence-corrected chi connectivity index (χ2v) is 3.64. The van der Waals surface area contributed by atoms with Gasteiger partial charge in [0.1, 0.15) is 5.82 Å². The fourth-order valence-electron chi connectivity index (χ4n) is 1.22. The third kappa shape index (κ3) is 0.914. The molecule has 11 heavy (non-hydrogen) atoms. The van der Waals surface area contributed by atoms with Crippen molar-refractivity contribution in [1.29, 1.82) is 0 Å². The molecule has 0 aliphatic heterocycles. The molecule has 1 heterocycles. The smallest absolute Gasteiger partial charge is 0.121 e. The Bertz CT molecular complexity index is 264. The summed E-state index contributed by atoms with van der Waals surface area (Å²) in [6.45, 7) is 2.23. The summed E-state index contributed by atoms with van der Waals surface area (Å²) < 4.78 is 1.74. The molecule has 0 spiro atoms. The zero-order valence-electron chi connectivity index (χ0n) is 6.96. The van der Waals surface area contributed by atoms with Gasteiger partial charge in [0, 0.05) is 18.5 Å². The van der Waals surface area contributed by atoms with Crippen LogP contribution in [0.4, 0.5) is 5.82 Å². The van der Waals surface area contributed by atoms with E-state index < -0.39 is 0 Å². The molecule has 0 radical (unpaired) electrons. The molecular weight excluding hydrogens is 138 g/mol. The van der Waals surface area contributed by atoms with Gasteiger partial charge in [-0.1, -0.05) is 6.92 Å². The van der Waals surface area contributed by atoms with Crippen LogP contribution in [0.2, 0.25) is 0 Å². The average molecular weight is 151 g/mol. The summed E-state index contributed by atoms with van der Waals surface area (Å²) in [6, 6.07) is 1.98. The summed E-state index contributed by atoms with van der Waals surface area (Å²) in [6.07, 6.45) is 2.51. The normalized spacial score (nSPS) is 20.2. The third-order valence-corrected chi connectivity index (χ3v) is 2.53. The topological polar surface area (TPSA) is 43.8 Å². The SMILES string of the molecule is Cn1nc(C2(C)CC2)cc1N. The first kappa shape index (κ1) is 6.70. The molecule has 3 heteroatoms. The van der Waals surface area contributed by atoms with E-state index in [1.54, 1.807) is 4.68 Å². The van der Waals surface area contributed by atoms with Crippen molar-refractivity contribution >= 4 is 5.82 Å². The second kappa shape index (κ2) is 1.78. The van der Waals surface area contributed by atoms with Gasteiger partial charge < -0.3 is 5.73 Å². The van der Waals surface area contributed by atoms with Crippen molar-refractivity contribution in [3.8, 4) is 0 Å². The minimum atomic E-state index is 0.343. The summed E-state index contributed by atoms with van der Waals surface area (Å²) in [5.41, 5.74) is 7.16. The Labute approximate surface area is 66.2 Å². The number of aromatic nitrogens is 2. The van der Waals surface area contributed by atoms with E-state index in [2.05, 4.69) is 12.0 Å². The van der Waals surface area contributed by atoms with Gasteiger partial charge in [0.15, 0.2) is 0 Å². The van der Waals surface area contributed by atoms with Crippen molar-refractivity contribution in [2.24, 2.45) is 7.05 Å². The number of anilines is 1. The van der Waals surface area contributed by atoms with E-state index in [-0.39, 0.29) is 0 Å². The fraction of sp³-hybridized carbons (Fsp3) is 0.625. The van der Waals surface area contributed by atoms with Crippen LogP contribution in [0.15, 0.2) is 6.07 Å². The van der Waals surface area contributed by atoms with Gasteiger partial charge in [0.2, 0.25) is 0 Å². The van der Waals surface area contributed by atoms with Gasteiger partial charge in [-0.25, -0.2) is 0 Å². The lowest BCUT2D eigenvalue weighted by atomic mass is 10.1. The van der Waals surface area contributed by atoms with Gasteiger partial charge in [0.05, 0.1) is 5.69 Å². The zero-order chi connectivity index (χ0) is 8.06. The largest absolute Gasteiger partial charge is 0.384 e. The summed E-state index contributed by atoms with van der Waals surface area (Å²) in [5, 5.41) is 4.34. The van der Waals surface area contributed by atoms with E-state index in [0.29, 0.717) is 5.41 Å². The van der Waals surface area contributed by atoms with Crippen LogP contribution in [0.1, 0.15) is 25.5 Å². The van der Waals surface area contributed by atoms with Crippen LogP contribution >= 0.6 is 0 Å². The third-order valence-electron chi connectivity index (χ3n) is 2.53. The van der Waals surface area contributed by atoms with Crippen LogP contribution < -0.4 is 5.73 Å². The van der Waals surface area contributed by atoms with E-state index in [1.165, 1.54) is 12.8 Å². The lowest BCUT2D eigenvalue weighted by Crippen LogP contribution is -2.02. The minimum Gasteiger partial charge on any atom is -0.384 e. The number of nitrogen functional groups attached to an aromatic ring is 1. The quantitative estimate of drug-likeness (QED) is 0.652. The van der Waals surface area contributed by atoms with Gasteiger partial charge in [-0.3, -0.25) is 4.68 Å². The maximum absolute atomic E-state index is 5.67. The van der Waals surface area contributed by atoms with E-state index >= 15 is 0 Å². The fourth-order valence-corrected chi connectivity index (χ4v) is 1.22. The van der Waals surface area contributed by atoms with Gasteiger partial charge in [0.25, 0.3) is 0 Å². The summed E-state index contributed by atoms with van der Waals surface area (Å²) in [7, 11) is 1.88. The van der Waals surface area contributed by atoms with Gasteiger partial charge in [-0.2, -0.15) is 5.10 Å². The molecule has 3 nitrogen and oxygen atoms in total. The number of rotatable bonds is 1. The highest BCUT2D eigenvalue weighted by atomic mass is 15.3. The molecule has 1 aromatic rings. The molecule has 0 aromatic carbocycles. The molecule has 60 valence electrons. The molecule has 0 amide bonds. The van der Waals surface area contributed by atoms with E-state index in [4.69, 9.17) is 5.73 Å². The highest BCUT2D eigenvalue weighted by Crippen LogP contribution is 2.47. The highest BCUT2D eigenvalue weighted by molar-refractivity contribution is 5.36. The summed E-state index contributed by atoms with van der Waals surface area (Å²) in [5.74, 6) is 0.758. The Kier molecular flexibility index (Phi) is 1.09. The predicted molar refractivity (Wildman–Crippen MR) is 44.2 cm³/mol. The summed E-state index contributed by atoms with van der Waals surface area (Å²) >= 11 is 0. The number of aryl methyl sites for hydroxylation is 1. The van der Waals surface area contributed by atoms with Crippen molar-refractivity contribution in [3.63, 3.8) is 0 Å². The standard InChI is InChI=1S/C8H13N3/c1-8(3-4-8)6-5-7(9)11(2)10-6/h5H,3-4,9H2,1-2H3. The Morgan fingerprint density at radius 3 is 2.64 bits per heavy atom. The number of nitrogens with two attached hydrogens (primary N) is 1. The lowest BCUT2D eigenvalue weighted by Gasteiger charge is -2.00. The van der Waals surface area contributed by atoms with E-state index in [0.717, 1.165) is 11.5 Å². The number of nitrogens with zero attached hydrogens (tertiary/aromatic N) is 2. The molecular formula is C8H13N3. The monoisotopic (exact) mass is 151 g/mol. The van der Waals surface area contributed by atoms with Crippen LogP contribution in [0.5, 0.6) is 0 Å². The summed E-state index contributed by atoms with van der Waals surface area (Å²) in [4.78, 5) is 0. The van der Waals surface area contributed by atoms with Crippen LogP contribution in [-0.2, 0) is 12.5 Å².